The minimum absolute atomic E-state index is 0.0267. The van der Waals surface area contributed by atoms with Crippen molar-refractivity contribution in [2.24, 2.45) is 0 Å². The monoisotopic (exact) mass is 883 g/mol. The molecule has 4 aliphatic heterocycles. The molecule has 0 aromatic rings. The van der Waals surface area contributed by atoms with Crippen LogP contribution >= 0.6 is 0 Å². The standard InChI is InChI=1S/C52H102N2O8/c1-11-13-15-17-19-21-23-25-29-33-37-53(7,8)41-43-45(47-49(57-43)61-51(3,4)59-47)55-39-35-31-27-28-32-36-40-56-46-44(58-50-48(46)60-52(5,6)62-50)42-54(9,10)38-34-30-26-24-22-20-18-16-14-12-2/h43-50H,11-42H2,1-10H3/q+2. The van der Waals surface area contributed by atoms with E-state index in [-0.39, 0.29) is 49.2 Å². The topological polar surface area (TPSA) is 73.8 Å². The van der Waals surface area contributed by atoms with Gasteiger partial charge in [0.1, 0.15) is 49.7 Å². The Balaban J connectivity index is 1.09. The summed E-state index contributed by atoms with van der Waals surface area (Å²) in [7, 11) is 9.36. The minimum Gasteiger partial charge on any atom is -0.372 e. The molecule has 4 fully saturated rings. The third-order valence-corrected chi connectivity index (χ3v) is 13.9. The highest BCUT2D eigenvalue weighted by Crippen LogP contribution is 2.41. The lowest BCUT2D eigenvalue weighted by atomic mass is 10.1. The molecule has 366 valence electrons. The van der Waals surface area contributed by atoms with Crippen LogP contribution in [0, 0.1) is 0 Å². The molecule has 0 spiro atoms. The molecule has 62 heavy (non-hydrogen) atoms. The van der Waals surface area contributed by atoms with Crippen LogP contribution in [0.2, 0.25) is 0 Å². The number of ether oxygens (including phenoxy) is 8. The SMILES string of the molecule is CCCCCCCCCCCC[N+](C)(C)CC1OC2OC(C)(C)OC2C1OCCCCCCCCOC1C(C[N+](C)(C)CCCCCCCCCCCC)OC2OC(C)(C)OC21. The van der Waals surface area contributed by atoms with Crippen LogP contribution in [0.25, 0.3) is 0 Å². The van der Waals surface area contributed by atoms with Gasteiger partial charge in [0.05, 0.1) is 41.3 Å². The molecule has 10 nitrogen and oxygen atoms in total. The first-order chi connectivity index (χ1) is 29.6. The lowest BCUT2D eigenvalue weighted by Crippen LogP contribution is -2.50. The van der Waals surface area contributed by atoms with E-state index in [0.29, 0.717) is 0 Å². The number of hydrogen-bond acceptors (Lipinski definition) is 8. The molecule has 10 heteroatoms. The average molecular weight is 883 g/mol. The lowest BCUT2D eigenvalue weighted by molar-refractivity contribution is -0.894. The summed E-state index contributed by atoms with van der Waals surface area (Å²) >= 11 is 0. The number of nitrogens with zero attached hydrogens (tertiary/aromatic N) is 2. The molecule has 0 aliphatic carbocycles. The van der Waals surface area contributed by atoms with Gasteiger partial charge in [-0.15, -0.1) is 0 Å². The normalized spacial score (nSPS) is 28.0. The van der Waals surface area contributed by atoms with Crippen LogP contribution in [0.5, 0.6) is 0 Å². The first-order valence-corrected chi connectivity index (χ1v) is 26.5. The van der Waals surface area contributed by atoms with Crippen molar-refractivity contribution >= 4 is 0 Å². The predicted octanol–water partition coefficient (Wildman–Crippen LogP) is 11.8. The third-order valence-electron chi connectivity index (χ3n) is 13.9. The van der Waals surface area contributed by atoms with Gasteiger partial charge in [-0.3, -0.25) is 0 Å². The highest BCUT2D eigenvalue weighted by Gasteiger charge is 2.58. The number of likely N-dealkylation sites (N-methyl/N-ethyl adjacent to an activating group) is 2. The van der Waals surface area contributed by atoms with Crippen molar-refractivity contribution in [2.75, 3.05) is 67.6 Å². The van der Waals surface area contributed by atoms with Crippen LogP contribution in [0.1, 0.15) is 208 Å². The molecule has 4 saturated heterocycles. The second kappa shape index (κ2) is 28.1. The van der Waals surface area contributed by atoms with E-state index in [1.165, 1.54) is 141 Å². The van der Waals surface area contributed by atoms with Crippen LogP contribution in [0.15, 0.2) is 0 Å². The van der Waals surface area contributed by atoms with Gasteiger partial charge in [0.25, 0.3) is 0 Å². The lowest BCUT2D eigenvalue weighted by Gasteiger charge is -2.35. The van der Waals surface area contributed by atoms with Crippen molar-refractivity contribution in [2.45, 2.75) is 269 Å². The summed E-state index contributed by atoms with van der Waals surface area (Å²) < 4.78 is 53.2. The summed E-state index contributed by atoms with van der Waals surface area (Å²) in [6.45, 7) is 18.1. The van der Waals surface area contributed by atoms with Gasteiger partial charge in [-0.1, -0.05) is 142 Å². The Morgan fingerprint density at radius 2 is 0.677 bits per heavy atom. The Hall–Kier alpha value is -0.400. The summed E-state index contributed by atoms with van der Waals surface area (Å²) in [5.41, 5.74) is 0. The molecule has 4 heterocycles. The van der Waals surface area contributed by atoms with E-state index < -0.39 is 11.6 Å². The fourth-order valence-corrected chi connectivity index (χ4v) is 10.4. The summed E-state index contributed by atoms with van der Waals surface area (Å²) in [4.78, 5) is 0. The van der Waals surface area contributed by atoms with E-state index in [1.54, 1.807) is 0 Å². The van der Waals surface area contributed by atoms with E-state index in [2.05, 4.69) is 42.0 Å². The summed E-state index contributed by atoms with van der Waals surface area (Å²) in [5, 5.41) is 0. The zero-order valence-electron chi connectivity index (χ0n) is 42.4. The van der Waals surface area contributed by atoms with E-state index >= 15 is 0 Å². The number of rotatable bonds is 37. The van der Waals surface area contributed by atoms with Crippen LogP contribution in [-0.2, 0) is 37.9 Å². The van der Waals surface area contributed by atoms with Crippen LogP contribution in [0.3, 0.4) is 0 Å². The third kappa shape index (κ3) is 20.2. The van der Waals surface area contributed by atoms with Gasteiger partial charge in [-0.25, -0.2) is 0 Å². The fourth-order valence-electron chi connectivity index (χ4n) is 10.4. The van der Waals surface area contributed by atoms with Crippen molar-refractivity contribution < 1.29 is 46.9 Å². The van der Waals surface area contributed by atoms with E-state index in [9.17, 15) is 0 Å². The maximum absolute atomic E-state index is 6.63. The van der Waals surface area contributed by atoms with Gasteiger partial charge < -0.3 is 46.9 Å². The number of fused-ring (bicyclic) bond motifs is 2. The van der Waals surface area contributed by atoms with Crippen molar-refractivity contribution in [3.63, 3.8) is 0 Å². The van der Waals surface area contributed by atoms with Crippen LogP contribution in [-0.4, -0.2) is 137 Å². The second-order valence-corrected chi connectivity index (χ2v) is 22.1. The smallest absolute Gasteiger partial charge is 0.190 e. The van der Waals surface area contributed by atoms with E-state index in [4.69, 9.17) is 37.9 Å². The van der Waals surface area contributed by atoms with E-state index in [1.807, 2.05) is 27.7 Å². The maximum Gasteiger partial charge on any atom is 0.190 e. The summed E-state index contributed by atoms with van der Waals surface area (Å²) in [6, 6.07) is 0. The van der Waals surface area contributed by atoms with Gasteiger partial charge in [0.15, 0.2) is 24.2 Å². The summed E-state index contributed by atoms with van der Waals surface area (Å²) in [6.07, 6.45) is 32.8. The van der Waals surface area contributed by atoms with Crippen molar-refractivity contribution in [3.8, 4) is 0 Å². The van der Waals surface area contributed by atoms with Crippen LogP contribution < -0.4 is 0 Å². The highest BCUT2D eigenvalue weighted by atomic mass is 16.9. The van der Waals surface area contributed by atoms with Crippen molar-refractivity contribution in [1.29, 1.82) is 0 Å². The predicted molar refractivity (Wildman–Crippen MR) is 252 cm³/mol. The minimum atomic E-state index is -0.643. The number of hydrogen-bond donors (Lipinski definition) is 0. The average Bonchev–Trinajstić information content (AvgIpc) is 3.87. The quantitative estimate of drug-likeness (QED) is 0.0451. The number of quaternary nitrogens is 2. The molecule has 8 unspecified atom stereocenters. The Morgan fingerprint density at radius 1 is 0.387 bits per heavy atom. The summed E-state index contributed by atoms with van der Waals surface area (Å²) in [5.74, 6) is -1.29. The zero-order chi connectivity index (χ0) is 44.9. The Bertz CT molecular complexity index is 1080. The maximum atomic E-state index is 6.63. The van der Waals surface area contributed by atoms with Gasteiger partial charge in [0.2, 0.25) is 0 Å². The Kier molecular flexibility index (Phi) is 24.5. The first-order valence-electron chi connectivity index (χ1n) is 26.5. The molecular weight excluding hydrogens is 781 g/mol. The molecule has 0 N–H and O–H groups in total. The molecule has 0 amide bonds. The van der Waals surface area contributed by atoms with Gasteiger partial charge >= 0.3 is 0 Å². The Morgan fingerprint density at radius 3 is 1.00 bits per heavy atom. The van der Waals surface area contributed by atoms with E-state index in [0.717, 1.165) is 74.0 Å². The first kappa shape index (κ1) is 54.2. The molecule has 8 atom stereocenters. The molecular formula is C52H102N2O8+2. The van der Waals surface area contributed by atoms with Gasteiger partial charge in [0, 0.05) is 13.2 Å². The van der Waals surface area contributed by atoms with Crippen molar-refractivity contribution in [1.82, 2.24) is 0 Å². The van der Waals surface area contributed by atoms with Crippen LogP contribution in [0.4, 0.5) is 0 Å². The molecule has 0 saturated carbocycles. The molecule has 0 bridgehead atoms. The molecule has 0 aromatic carbocycles. The zero-order valence-corrected chi connectivity index (χ0v) is 42.4. The fraction of sp³-hybridized carbons (Fsp3) is 1.00. The number of unbranched alkanes of at least 4 members (excludes halogenated alkanes) is 23. The molecule has 4 rings (SSSR count). The van der Waals surface area contributed by atoms with Crippen molar-refractivity contribution in [3.05, 3.63) is 0 Å². The Labute approximate surface area is 382 Å². The molecule has 4 aliphatic rings. The molecule has 0 aromatic heterocycles. The second-order valence-electron chi connectivity index (χ2n) is 22.1. The largest absolute Gasteiger partial charge is 0.372 e. The van der Waals surface area contributed by atoms with Gasteiger partial charge in [-0.05, 0) is 66.2 Å². The van der Waals surface area contributed by atoms with Gasteiger partial charge in [-0.2, -0.15) is 0 Å². The molecule has 0 radical (unpaired) electrons. The highest BCUT2D eigenvalue weighted by molar-refractivity contribution is 4.95.